The van der Waals surface area contributed by atoms with Gasteiger partial charge in [0, 0.05) is 43.4 Å². The summed E-state index contributed by atoms with van der Waals surface area (Å²) in [5.74, 6) is 0.238. The first-order valence-electron chi connectivity index (χ1n) is 9.22. The highest BCUT2D eigenvalue weighted by Gasteiger charge is 2.32. The first-order valence-corrected chi connectivity index (χ1v) is 9.22. The Morgan fingerprint density at radius 2 is 1.30 bits per heavy atom. The molecule has 1 saturated heterocycles. The van der Waals surface area contributed by atoms with E-state index in [1.54, 1.807) is 23.1 Å². The van der Waals surface area contributed by atoms with Crippen molar-refractivity contribution in [1.82, 2.24) is 9.80 Å². The smallest absolute Gasteiger partial charge is 0.416 e. The summed E-state index contributed by atoms with van der Waals surface area (Å²) in [7, 11) is 2.97. The highest BCUT2D eigenvalue weighted by molar-refractivity contribution is 5.96. The van der Waals surface area contributed by atoms with Crippen LogP contribution in [0.3, 0.4) is 0 Å². The van der Waals surface area contributed by atoms with E-state index in [0.29, 0.717) is 17.1 Å². The van der Waals surface area contributed by atoms with Crippen molar-refractivity contribution in [2.45, 2.75) is 6.18 Å². The molecule has 2 aromatic carbocycles. The van der Waals surface area contributed by atoms with Gasteiger partial charge in [0.15, 0.2) is 0 Å². The van der Waals surface area contributed by atoms with Gasteiger partial charge in [0.05, 0.1) is 19.8 Å². The van der Waals surface area contributed by atoms with Crippen LogP contribution in [0.1, 0.15) is 26.3 Å². The second-order valence-corrected chi connectivity index (χ2v) is 6.76. The van der Waals surface area contributed by atoms with Gasteiger partial charge in [-0.2, -0.15) is 13.2 Å². The SMILES string of the molecule is COc1cc(OC)cc(C(=O)N2CCN(C(=O)c3cccc(C(F)(F)F)c3)CC2)c1. The number of alkyl halides is 3. The van der Waals surface area contributed by atoms with Crippen LogP contribution >= 0.6 is 0 Å². The number of hydrogen-bond acceptors (Lipinski definition) is 4. The molecular formula is C21H21F3N2O4. The summed E-state index contributed by atoms with van der Waals surface area (Å²) in [6.07, 6.45) is -4.51. The van der Waals surface area contributed by atoms with Crippen LogP contribution in [0.25, 0.3) is 0 Å². The topological polar surface area (TPSA) is 59.1 Å². The van der Waals surface area contributed by atoms with Gasteiger partial charge in [-0.3, -0.25) is 9.59 Å². The van der Waals surface area contributed by atoms with Gasteiger partial charge < -0.3 is 19.3 Å². The van der Waals surface area contributed by atoms with Crippen LogP contribution in [0.5, 0.6) is 11.5 Å². The number of ether oxygens (including phenoxy) is 2. The third kappa shape index (κ3) is 4.67. The van der Waals surface area contributed by atoms with Crippen molar-refractivity contribution < 1.29 is 32.2 Å². The van der Waals surface area contributed by atoms with Gasteiger partial charge >= 0.3 is 6.18 Å². The quantitative estimate of drug-likeness (QED) is 0.759. The Hall–Kier alpha value is -3.23. The van der Waals surface area contributed by atoms with E-state index in [4.69, 9.17) is 9.47 Å². The van der Waals surface area contributed by atoms with Gasteiger partial charge in [-0.15, -0.1) is 0 Å². The van der Waals surface area contributed by atoms with Gasteiger partial charge in [0.1, 0.15) is 11.5 Å². The zero-order valence-corrected chi connectivity index (χ0v) is 16.5. The lowest BCUT2D eigenvalue weighted by molar-refractivity contribution is -0.137. The van der Waals surface area contributed by atoms with Crippen molar-refractivity contribution in [2.75, 3.05) is 40.4 Å². The molecule has 1 aliphatic rings. The Balaban J connectivity index is 1.68. The Labute approximate surface area is 171 Å². The minimum absolute atomic E-state index is 0.0258. The number of benzene rings is 2. The van der Waals surface area contributed by atoms with E-state index in [1.807, 2.05) is 0 Å². The molecule has 0 spiro atoms. The maximum atomic E-state index is 12.9. The molecule has 2 amide bonds. The molecule has 1 heterocycles. The molecule has 160 valence electrons. The Morgan fingerprint density at radius 3 is 1.77 bits per heavy atom. The fraction of sp³-hybridized carbons (Fsp3) is 0.333. The number of carbonyl (C=O) groups excluding carboxylic acids is 2. The van der Waals surface area contributed by atoms with E-state index < -0.39 is 17.6 Å². The Kier molecular flexibility index (Phi) is 6.19. The van der Waals surface area contributed by atoms with Crippen LogP contribution in [0.4, 0.5) is 13.2 Å². The van der Waals surface area contributed by atoms with E-state index in [0.717, 1.165) is 12.1 Å². The lowest BCUT2D eigenvalue weighted by Crippen LogP contribution is -2.50. The largest absolute Gasteiger partial charge is 0.497 e. The monoisotopic (exact) mass is 422 g/mol. The molecule has 0 unspecified atom stereocenters. The number of amides is 2. The third-order valence-corrected chi connectivity index (χ3v) is 4.89. The Bertz CT molecular complexity index is 916. The van der Waals surface area contributed by atoms with Crippen molar-refractivity contribution in [2.24, 2.45) is 0 Å². The molecule has 0 atom stereocenters. The van der Waals surface area contributed by atoms with Gasteiger partial charge in [-0.25, -0.2) is 0 Å². The summed E-state index contributed by atoms with van der Waals surface area (Å²) in [6.45, 7) is 0.982. The molecule has 1 aliphatic heterocycles. The average molecular weight is 422 g/mol. The van der Waals surface area contributed by atoms with E-state index in [9.17, 15) is 22.8 Å². The number of nitrogens with zero attached hydrogens (tertiary/aromatic N) is 2. The first kappa shape index (κ1) is 21.5. The molecule has 0 N–H and O–H groups in total. The molecule has 9 heteroatoms. The van der Waals surface area contributed by atoms with Crippen LogP contribution in [0.2, 0.25) is 0 Å². The molecule has 2 aromatic rings. The standard InChI is InChI=1S/C21H21F3N2O4/c1-29-17-11-15(12-18(13-17)30-2)20(28)26-8-6-25(7-9-26)19(27)14-4-3-5-16(10-14)21(22,23)24/h3-5,10-13H,6-9H2,1-2H3. The molecule has 0 aliphatic carbocycles. The summed E-state index contributed by atoms with van der Waals surface area (Å²) in [5, 5.41) is 0. The fourth-order valence-corrected chi connectivity index (χ4v) is 3.24. The number of hydrogen-bond donors (Lipinski definition) is 0. The number of methoxy groups -OCH3 is 2. The number of piperazine rings is 1. The van der Waals surface area contributed by atoms with Crippen LogP contribution in [-0.4, -0.2) is 62.0 Å². The second-order valence-electron chi connectivity index (χ2n) is 6.76. The van der Waals surface area contributed by atoms with Crippen molar-refractivity contribution >= 4 is 11.8 Å². The summed E-state index contributed by atoms with van der Waals surface area (Å²) in [6, 6.07) is 9.21. The maximum Gasteiger partial charge on any atom is 0.416 e. The van der Waals surface area contributed by atoms with Crippen molar-refractivity contribution in [3.05, 3.63) is 59.2 Å². The molecule has 3 rings (SSSR count). The number of halogens is 3. The van der Waals surface area contributed by atoms with Crippen LogP contribution < -0.4 is 9.47 Å². The van der Waals surface area contributed by atoms with E-state index in [1.165, 1.54) is 31.3 Å². The summed E-state index contributed by atoms with van der Waals surface area (Å²) in [4.78, 5) is 28.5. The highest BCUT2D eigenvalue weighted by Crippen LogP contribution is 2.30. The fourth-order valence-electron chi connectivity index (χ4n) is 3.24. The van der Waals surface area contributed by atoms with E-state index in [2.05, 4.69) is 0 Å². The van der Waals surface area contributed by atoms with E-state index in [-0.39, 0.29) is 37.6 Å². The molecule has 6 nitrogen and oxygen atoms in total. The van der Waals surface area contributed by atoms with Gasteiger partial charge in [0.2, 0.25) is 0 Å². The molecule has 30 heavy (non-hydrogen) atoms. The van der Waals surface area contributed by atoms with Crippen molar-refractivity contribution in [3.8, 4) is 11.5 Å². The van der Waals surface area contributed by atoms with Crippen molar-refractivity contribution in [3.63, 3.8) is 0 Å². The van der Waals surface area contributed by atoms with Gasteiger partial charge in [-0.05, 0) is 30.3 Å². The van der Waals surface area contributed by atoms with E-state index >= 15 is 0 Å². The van der Waals surface area contributed by atoms with Crippen LogP contribution in [0.15, 0.2) is 42.5 Å². The van der Waals surface area contributed by atoms with Crippen LogP contribution in [0, 0.1) is 0 Å². The average Bonchev–Trinajstić information content (AvgIpc) is 2.77. The van der Waals surface area contributed by atoms with Crippen molar-refractivity contribution in [1.29, 1.82) is 0 Å². The van der Waals surface area contributed by atoms with Gasteiger partial charge in [-0.1, -0.05) is 6.07 Å². The molecular weight excluding hydrogens is 401 g/mol. The normalized spacial score (nSPS) is 14.4. The minimum atomic E-state index is -4.51. The predicted octanol–water partition coefficient (Wildman–Crippen LogP) is 3.32. The summed E-state index contributed by atoms with van der Waals surface area (Å²) < 4.78 is 49.1. The zero-order valence-electron chi connectivity index (χ0n) is 16.5. The highest BCUT2D eigenvalue weighted by atomic mass is 19.4. The van der Waals surface area contributed by atoms with Gasteiger partial charge in [0.25, 0.3) is 11.8 Å². The first-order chi connectivity index (χ1) is 14.2. The maximum absolute atomic E-state index is 12.9. The molecule has 0 radical (unpaired) electrons. The minimum Gasteiger partial charge on any atom is -0.497 e. The lowest BCUT2D eigenvalue weighted by Gasteiger charge is -2.35. The summed E-state index contributed by atoms with van der Waals surface area (Å²) in [5.41, 5.74) is -0.500. The Morgan fingerprint density at radius 1 is 0.800 bits per heavy atom. The number of carbonyl (C=O) groups is 2. The lowest BCUT2D eigenvalue weighted by atomic mass is 10.1. The second kappa shape index (κ2) is 8.64. The third-order valence-electron chi connectivity index (χ3n) is 4.89. The zero-order chi connectivity index (χ0) is 21.9. The molecule has 0 saturated carbocycles. The summed E-state index contributed by atoms with van der Waals surface area (Å²) >= 11 is 0. The number of rotatable bonds is 4. The molecule has 0 aromatic heterocycles. The predicted molar refractivity (Wildman–Crippen MR) is 103 cm³/mol. The van der Waals surface area contributed by atoms with Crippen LogP contribution in [-0.2, 0) is 6.18 Å². The molecule has 1 fully saturated rings. The molecule has 0 bridgehead atoms.